The average molecular weight is 606 g/mol. The van der Waals surface area contributed by atoms with Crippen LogP contribution in [0.5, 0.6) is 5.88 Å². The molecule has 0 amide bonds. The zero-order chi connectivity index (χ0) is 30.9. The zero-order valence-electron chi connectivity index (χ0n) is 25.5. The third kappa shape index (κ3) is 9.37. The van der Waals surface area contributed by atoms with Crippen molar-refractivity contribution >= 4 is 28.8 Å². The highest BCUT2D eigenvalue weighted by atomic mass is 35.5. The minimum atomic E-state index is -0.388. The molecule has 9 heteroatoms. The number of rotatable bonds is 13. The third-order valence-corrected chi connectivity index (χ3v) is 7.84. The quantitative estimate of drug-likeness (QED) is 0.127. The predicted molar refractivity (Wildman–Crippen MR) is 173 cm³/mol. The van der Waals surface area contributed by atoms with E-state index in [4.69, 9.17) is 21.3 Å². The second-order valence-electron chi connectivity index (χ2n) is 11.3. The molecule has 0 aliphatic carbocycles. The Morgan fingerprint density at radius 1 is 1.16 bits per heavy atom. The van der Waals surface area contributed by atoms with E-state index < -0.39 is 0 Å². The van der Waals surface area contributed by atoms with Crippen LogP contribution in [0.2, 0.25) is 5.02 Å². The van der Waals surface area contributed by atoms with Crippen molar-refractivity contribution in [3.8, 4) is 5.88 Å². The molecule has 1 aliphatic heterocycles. The highest BCUT2D eigenvalue weighted by Gasteiger charge is 2.23. The lowest BCUT2D eigenvalue weighted by molar-refractivity contribution is 0.101. The number of ketones is 1. The maximum absolute atomic E-state index is 14.1. The molecule has 0 atom stereocenters. The highest BCUT2D eigenvalue weighted by Crippen LogP contribution is 2.29. The molecule has 1 aliphatic rings. The number of aromatic nitrogens is 1. The first-order valence-electron chi connectivity index (χ1n) is 14.7. The molecule has 0 unspecified atom stereocenters. The Bertz CT molecular complexity index is 1460. The van der Waals surface area contributed by atoms with E-state index in [0.29, 0.717) is 34.5 Å². The summed E-state index contributed by atoms with van der Waals surface area (Å²) in [5, 5.41) is 4.66. The minimum Gasteiger partial charge on any atom is -0.473 e. The molecule has 0 spiro atoms. The highest BCUT2D eigenvalue weighted by molar-refractivity contribution is 6.30. The molecule has 228 valence electrons. The maximum atomic E-state index is 14.1. The van der Waals surface area contributed by atoms with Crippen LogP contribution in [-0.4, -0.2) is 54.1 Å². The van der Waals surface area contributed by atoms with Crippen LogP contribution in [0.3, 0.4) is 0 Å². The fourth-order valence-electron chi connectivity index (χ4n) is 5.15. The number of piperidine rings is 1. The van der Waals surface area contributed by atoms with Crippen molar-refractivity contribution in [2.75, 3.05) is 37.6 Å². The van der Waals surface area contributed by atoms with E-state index in [0.717, 1.165) is 67.4 Å². The summed E-state index contributed by atoms with van der Waals surface area (Å²) in [6, 6.07) is 16.2. The molecule has 1 saturated heterocycles. The molecule has 0 radical (unpaired) electrons. The van der Waals surface area contributed by atoms with Crippen molar-refractivity contribution in [1.82, 2.24) is 15.3 Å². The van der Waals surface area contributed by atoms with Crippen LogP contribution in [0.1, 0.15) is 66.7 Å². The van der Waals surface area contributed by atoms with E-state index in [-0.39, 0.29) is 18.2 Å². The van der Waals surface area contributed by atoms with E-state index in [9.17, 15) is 9.18 Å². The number of Topliss-reactive ketones (excluding diaryl/α,β-unsaturated/α-hetero) is 1. The van der Waals surface area contributed by atoms with Crippen LogP contribution in [0.4, 0.5) is 10.1 Å². The molecule has 43 heavy (non-hydrogen) atoms. The summed E-state index contributed by atoms with van der Waals surface area (Å²) in [4.78, 5) is 21.6. The summed E-state index contributed by atoms with van der Waals surface area (Å²) in [6.07, 6.45) is 1.97. The standard InChI is InChI=1S/C34H41ClFN5O2/c1-23(2)38-39-25(4)21-41(33-19-28(26(5)42)10-9-24(33)3)18-17-40-15-13-27(14-16-40)32-7-6-8-34(37-32)43-22-29-11-12-30(35)20-31(29)36/h6-12,19-20,27,39H,4,13-18,21-22H2,1-3,5H3. The van der Waals surface area contributed by atoms with Crippen LogP contribution in [0.25, 0.3) is 0 Å². The first-order valence-corrected chi connectivity index (χ1v) is 15.0. The fraction of sp³-hybridized carbons (Fsp3) is 0.382. The minimum absolute atomic E-state index is 0.0478. The summed E-state index contributed by atoms with van der Waals surface area (Å²) < 4.78 is 20.0. The van der Waals surface area contributed by atoms with Gasteiger partial charge in [0.05, 0.1) is 6.54 Å². The van der Waals surface area contributed by atoms with E-state index in [2.05, 4.69) is 33.8 Å². The molecule has 1 fully saturated rings. The first-order chi connectivity index (χ1) is 20.6. The summed E-state index contributed by atoms with van der Waals surface area (Å²) >= 11 is 5.86. The van der Waals surface area contributed by atoms with Gasteiger partial charge < -0.3 is 14.5 Å². The maximum Gasteiger partial charge on any atom is 0.213 e. The Balaban J connectivity index is 1.36. The molecule has 7 nitrogen and oxygen atoms in total. The number of ether oxygens (including phenoxy) is 1. The largest absolute Gasteiger partial charge is 0.473 e. The summed E-state index contributed by atoms with van der Waals surface area (Å²) in [5.41, 5.74) is 9.05. The lowest BCUT2D eigenvalue weighted by Gasteiger charge is -2.34. The number of nitrogens with zero attached hydrogens (tertiary/aromatic N) is 4. The molecular weight excluding hydrogens is 565 g/mol. The van der Waals surface area contributed by atoms with Crippen LogP contribution >= 0.6 is 11.6 Å². The number of likely N-dealkylation sites (tertiary alicyclic amines) is 1. The molecule has 3 aromatic rings. The average Bonchev–Trinajstić information content (AvgIpc) is 2.98. The Morgan fingerprint density at radius 3 is 2.63 bits per heavy atom. The van der Waals surface area contributed by atoms with E-state index >= 15 is 0 Å². The van der Waals surface area contributed by atoms with Gasteiger partial charge in [0.15, 0.2) is 5.78 Å². The molecular formula is C34H41ClFN5O2. The SMILES string of the molecule is C=C(CN(CCN1CCC(c2cccc(OCc3ccc(Cl)cc3F)n2)CC1)c1cc(C(C)=O)ccc1C)NN=C(C)C. The predicted octanol–water partition coefficient (Wildman–Crippen LogP) is 7.15. The summed E-state index contributed by atoms with van der Waals surface area (Å²) in [7, 11) is 0. The van der Waals surface area contributed by atoms with Crippen LogP contribution < -0.4 is 15.1 Å². The van der Waals surface area contributed by atoms with E-state index in [1.165, 1.54) is 6.07 Å². The summed E-state index contributed by atoms with van der Waals surface area (Å²) in [6.45, 7) is 15.9. The van der Waals surface area contributed by atoms with Crippen molar-refractivity contribution in [2.45, 2.75) is 53.1 Å². The number of pyridine rings is 1. The van der Waals surface area contributed by atoms with Gasteiger partial charge >= 0.3 is 0 Å². The zero-order valence-corrected chi connectivity index (χ0v) is 26.3. The second-order valence-corrected chi connectivity index (χ2v) is 11.7. The van der Waals surface area contributed by atoms with Gasteiger partial charge in [0.2, 0.25) is 5.88 Å². The van der Waals surface area contributed by atoms with Crippen LogP contribution in [0.15, 0.2) is 72.0 Å². The molecule has 4 rings (SSSR count). The number of hydrogen-bond acceptors (Lipinski definition) is 7. The fourth-order valence-corrected chi connectivity index (χ4v) is 5.31. The van der Waals surface area contributed by atoms with E-state index in [1.807, 2.05) is 44.2 Å². The third-order valence-electron chi connectivity index (χ3n) is 7.60. The molecule has 0 bridgehead atoms. The van der Waals surface area contributed by atoms with Gasteiger partial charge in [-0.1, -0.05) is 42.4 Å². The van der Waals surface area contributed by atoms with Gasteiger partial charge in [-0.15, -0.1) is 0 Å². The number of nitrogens with one attached hydrogen (secondary N) is 1. The Hall–Kier alpha value is -3.75. The van der Waals surface area contributed by atoms with Crippen molar-refractivity contribution in [3.05, 3.63) is 100 Å². The van der Waals surface area contributed by atoms with Gasteiger partial charge in [-0.25, -0.2) is 9.37 Å². The van der Waals surface area contributed by atoms with Crippen molar-refractivity contribution in [1.29, 1.82) is 0 Å². The van der Waals surface area contributed by atoms with Gasteiger partial charge in [0.25, 0.3) is 0 Å². The lowest BCUT2D eigenvalue weighted by Crippen LogP contribution is -2.41. The number of hydrogen-bond donors (Lipinski definition) is 1. The number of carbonyl (C=O) groups excluding carboxylic acids is 1. The Kier molecular flexibility index (Phi) is 11.3. The number of halogens is 2. The topological polar surface area (TPSA) is 70.1 Å². The molecule has 1 N–H and O–H groups in total. The Labute approximate surface area is 259 Å². The number of carbonyl (C=O) groups is 1. The van der Waals surface area contributed by atoms with Crippen molar-refractivity contribution in [3.63, 3.8) is 0 Å². The number of aryl methyl sites for hydroxylation is 1. The summed E-state index contributed by atoms with van der Waals surface area (Å²) in [5.74, 6) is 0.481. The van der Waals surface area contributed by atoms with E-state index in [1.54, 1.807) is 25.1 Å². The van der Waals surface area contributed by atoms with Crippen LogP contribution in [0, 0.1) is 12.7 Å². The molecule has 1 aromatic heterocycles. The van der Waals surface area contributed by atoms with Crippen molar-refractivity contribution < 1.29 is 13.9 Å². The monoisotopic (exact) mass is 605 g/mol. The first kappa shape index (κ1) is 32.2. The molecule has 2 aromatic carbocycles. The van der Waals surface area contributed by atoms with Gasteiger partial charge in [0, 0.05) is 64.0 Å². The second kappa shape index (κ2) is 15.1. The Morgan fingerprint density at radius 2 is 1.93 bits per heavy atom. The van der Waals surface area contributed by atoms with Gasteiger partial charge in [-0.2, -0.15) is 5.10 Å². The number of anilines is 1. The number of benzene rings is 2. The molecule has 2 heterocycles. The number of hydrazone groups is 1. The van der Waals surface area contributed by atoms with Gasteiger partial charge in [-0.3, -0.25) is 10.2 Å². The molecule has 0 saturated carbocycles. The van der Waals surface area contributed by atoms with Crippen LogP contribution in [-0.2, 0) is 6.61 Å². The smallest absolute Gasteiger partial charge is 0.213 e. The van der Waals surface area contributed by atoms with Gasteiger partial charge in [0.1, 0.15) is 12.4 Å². The normalized spacial score (nSPS) is 13.8. The van der Waals surface area contributed by atoms with Crippen molar-refractivity contribution in [2.24, 2.45) is 5.10 Å². The van der Waals surface area contributed by atoms with Gasteiger partial charge in [-0.05, 0) is 83.5 Å². The lowest BCUT2D eigenvalue weighted by atomic mass is 9.93.